The van der Waals surface area contributed by atoms with Crippen LogP contribution in [0.3, 0.4) is 0 Å². The van der Waals surface area contributed by atoms with Crippen LogP contribution in [0.1, 0.15) is 47.9 Å². The van der Waals surface area contributed by atoms with Crippen molar-refractivity contribution in [3.63, 3.8) is 0 Å². The molecule has 0 aliphatic carbocycles. The Labute approximate surface area is 122 Å². The Balaban J connectivity index is 2.39. The SMILES string of the molecule is C=Cc1ccccc1C(C)C(C)c1ccccc1C=C. The van der Waals surface area contributed by atoms with Crippen LogP contribution >= 0.6 is 0 Å². The zero-order valence-electron chi connectivity index (χ0n) is 12.3. The summed E-state index contributed by atoms with van der Waals surface area (Å²) in [6.45, 7) is 12.4. The summed E-state index contributed by atoms with van der Waals surface area (Å²) >= 11 is 0. The van der Waals surface area contributed by atoms with Gasteiger partial charge >= 0.3 is 0 Å². The normalized spacial score (nSPS) is 13.5. The molecular weight excluding hydrogens is 240 g/mol. The summed E-state index contributed by atoms with van der Waals surface area (Å²) < 4.78 is 0. The van der Waals surface area contributed by atoms with Crippen molar-refractivity contribution in [2.45, 2.75) is 25.7 Å². The van der Waals surface area contributed by atoms with Crippen molar-refractivity contribution >= 4 is 12.2 Å². The summed E-state index contributed by atoms with van der Waals surface area (Å²) in [6.07, 6.45) is 3.88. The van der Waals surface area contributed by atoms with Crippen LogP contribution in [0.15, 0.2) is 61.7 Å². The summed E-state index contributed by atoms with van der Waals surface area (Å²) in [7, 11) is 0. The van der Waals surface area contributed by atoms with E-state index in [1.807, 2.05) is 12.2 Å². The first-order chi connectivity index (χ1) is 9.69. The first kappa shape index (κ1) is 14.3. The molecule has 0 aromatic heterocycles. The molecule has 2 atom stereocenters. The van der Waals surface area contributed by atoms with E-state index in [1.54, 1.807) is 0 Å². The van der Waals surface area contributed by atoms with Crippen LogP contribution in [0.4, 0.5) is 0 Å². The van der Waals surface area contributed by atoms with Gasteiger partial charge in [-0.25, -0.2) is 0 Å². The Morgan fingerprint density at radius 3 is 1.40 bits per heavy atom. The smallest absolute Gasteiger partial charge is 0.0118 e. The van der Waals surface area contributed by atoms with Crippen LogP contribution in [-0.4, -0.2) is 0 Å². The molecule has 0 bridgehead atoms. The van der Waals surface area contributed by atoms with E-state index in [1.165, 1.54) is 22.3 Å². The average Bonchev–Trinajstić information content (AvgIpc) is 2.53. The van der Waals surface area contributed by atoms with Gasteiger partial charge in [0, 0.05) is 0 Å². The molecule has 2 rings (SSSR count). The summed E-state index contributed by atoms with van der Waals surface area (Å²) in [5.41, 5.74) is 5.16. The monoisotopic (exact) mass is 262 g/mol. The first-order valence-electron chi connectivity index (χ1n) is 7.11. The lowest BCUT2D eigenvalue weighted by molar-refractivity contribution is 0.622. The van der Waals surface area contributed by atoms with Gasteiger partial charge in [-0.3, -0.25) is 0 Å². The highest BCUT2D eigenvalue weighted by atomic mass is 14.2. The number of hydrogen-bond acceptors (Lipinski definition) is 0. The van der Waals surface area contributed by atoms with Crippen molar-refractivity contribution in [2.75, 3.05) is 0 Å². The Morgan fingerprint density at radius 2 is 1.05 bits per heavy atom. The van der Waals surface area contributed by atoms with Gasteiger partial charge < -0.3 is 0 Å². The molecule has 20 heavy (non-hydrogen) atoms. The van der Waals surface area contributed by atoms with Crippen LogP contribution in [0.25, 0.3) is 12.2 Å². The highest BCUT2D eigenvalue weighted by Gasteiger charge is 2.19. The summed E-state index contributed by atoms with van der Waals surface area (Å²) in [6, 6.07) is 17.0. The highest BCUT2D eigenvalue weighted by molar-refractivity contribution is 5.56. The zero-order chi connectivity index (χ0) is 14.5. The lowest BCUT2D eigenvalue weighted by Crippen LogP contribution is -2.07. The number of hydrogen-bond donors (Lipinski definition) is 0. The zero-order valence-corrected chi connectivity index (χ0v) is 12.3. The van der Waals surface area contributed by atoms with E-state index in [-0.39, 0.29) is 0 Å². The minimum absolute atomic E-state index is 0.435. The molecule has 0 amide bonds. The van der Waals surface area contributed by atoms with E-state index in [4.69, 9.17) is 0 Å². The van der Waals surface area contributed by atoms with Crippen molar-refractivity contribution in [2.24, 2.45) is 0 Å². The molecule has 2 aromatic rings. The quantitative estimate of drug-likeness (QED) is 0.631. The number of benzene rings is 2. The van der Waals surface area contributed by atoms with Crippen molar-refractivity contribution in [1.82, 2.24) is 0 Å². The lowest BCUT2D eigenvalue weighted by Gasteiger charge is -2.24. The largest absolute Gasteiger partial charge is 0.0985 e. The number of rotatable bonds is 5. The Kier molecular flexibility index (Phi) is 4.57. The first-order valence-corrected chi connectivity index (χ1v) is 7.11. The van der Waals surface area contributed by atoms with Crippen LogP contribution in [0, 0.1) is 0 Å². The lowest BCUT2D eigenvalue weighted by atomic mass is 9.80. The maximum absolute atomic E-state index is 3.92. The van der Waals surface area contributed by atoms with Gasteiger partial charge in [0.05, 0.1) is 0 Å². The second-order valence-electron chi connectivity index (χ2n) is 5.24. The molecule has 2 unspecified atom stereocenters. The third-order valence-electron chi connectivity index (χ3n) is 4.16. The summed E-state index contributed by atoms with van der Waals surface area (Å²) in [4.78, 5) is 0. The van der Waals surface area contributed by atoms with Gasteiger partial charge in [-0.05, 0) is 34.1 Å². The third-order valence-corrected chi connectivity index (χ3v) is 4.16. The van der Waals surface area contributed by atoms with Crippen molar-refractivity contribution in [1.29, 1.82) is 0 Å². The average molecular weight is 262 g/mol. The standard InChI is InChI=1S/C20H22/c1-5-17-11-7-9-13-19(17)15(3)16(4)20-14-10-8-12-18(20)6-2/h5-16H,1-2H2,3-4H3. The molecule has 0 saturated heterocycles. The van der Waals surface area contributed by atoms with Gasteiger partial charge in [0.15, 0.2) is 0 Å². The van der Waals surface area contributed by atoms with Gasteiger partial charge in [0.2, 0.25) is 0 Å². The van der Waals surface area contributed by atoms with Crippen LogP contribution in [0.5, 0.6) is 0 Å². The van der Waals surface area contributed by atoms with E-state index in [0.717, 1.165) is 0 Å². The fourth-order valence-corrected chi connectivity index (χ4v) is 2.76. The molecule has 0 N–H and O–H groups in total. The molecule has 102 valence electrons. The van der Waals surface area contributed by atoms with Gasteiger partial charge in [0.25, 0.3) is 0 Å². The molecule has 0 heterocycles. The molecule has 0 saturated carbocycles. The topological polar surface area (TPSA) is 0 Å². The van der Waals surface area contributed by atoms with E-state index in [0.29, 0.717) is 11.8 Å². The minimum Gasteiger partial charge on any atom is -0.0985 e. The maximum atomic E-state index is 3.92. The molecule has 2 aromatic carbocycles. The Morgan fingerprint density at radius 1 is 0.700 bits per heavy atom. The molecule has 0 nitrogen and oxygen atoms in total. The van der Waals surface area contributed by atoms with E-state index in [2.05, 4.69) is 75.5 Å². The molecule has 0 fully saturated rings. The second-order valence-corrected chi connectivity index (χ2v) is 5.24. The maximum Gasteiger partial charge on any atom is -0.0118 e. The van der Waals surface area contributed by atoms with Gasteiger partial charge in [-0.2, -0.15) is 0 Å². The van der Waals surface area contributed by atoms with E-state index in [9.17, 15) is 0 Å². The molecule has 0 heteroatoms. The van der Waals surface area contributed by atoms with Gasteiger partial charge in [-0.1, -0.05) is 87.7 Å². The van der Waals surface area contributed by atoms with Crippen molar-refractivity contribution in [3.05, 3.63) is 83.9 Å². The summed E-state index contributed by atoms with van der Waals surface area (Å²) in [5.74, 6) is 0.871. The van der Waals surface area contributed by atoms with E-state index < -0.39 is 0 Å². The highest BCUT2D eigenvalue weighted by Crippen LogP contribution is 2.36. The summed E-state index contributed by atoms with van der Waals surface area (Å²) in [5, 5.41) is 0. The van der Waals surface area contributed by atoms with Gasteiger partial charge in [0.1, 0.15) is 0 Å². The van der Waals surface area contributed by atoms with Crippen LogP contribution in [0.2, 0.25) is 0 Å². The fourth-order valence-electron chi connectivity index (χ4n) is 2.76. The third kappa shape index (κ3) is 2.75. The molecule has 0 spiro atoms. The van der Waals surface area contributed by atoms with Crippen molar-refractivity contribution in [3.8, 4) is 0 Å². The fraction of sp³-hybridized carbons (Fsp3) is 0.200. The molecular formula is C20H22. The Bertz CT molecular complexity index is 551. The Hall–Kier alpha value is -2.08. The predicted octanol–water partition coefficient (Wildman–Crippen LogP) is 5.88. The van der Waals surface area contributed by atoms with Gasteiger partial charge in [-0.15, -0.1) is 0 Å². The molecule has 0 aliphatic rings. The minimum atomic E-state index is 0.435. The molecule has 0 radical (unpaired) electrons. The van der Waals surface area contributed by atoms with Crippen LogP contribution < -0.4 is 0 Å². The van der Waals surface area contributed by atoms with E-state index >= 15 is 0 Å². The van der Waals surface area contributed by atoms with Crippen LogP contribution in [-0.2, 0) is 0 Å². The molecule has 0 aliphatic heterocycles. The predicted molar refractivity (Wildman–Crippen MR) is 89.9 cm³/mol. The second kappa shape index (κ2) is 6.38. The van der Waals surface area contributed by atoms with Crippen molar-refractivity contribution < 1.29 is 0 Å².